The lowest BCUT2D eigenvalue weighted by Crippen LogP contribution is -2.53. The molecule has 0 unspecified atom stereocenters. The average Bonchev–Trinajstić information content (AvgIpc) is 2.07. The molecule has 0 heterocycles. The van der Waals surface area contributed by atoms with Crippen LogP contribution in [0.4, 0.5) is 0 Å². The number of hydrogen-bond acceptors (Lipinski definition) is 2. The third-order valence-corrected chi connectivity index (χ3v) is 13.8. The molecule has 0 rings (SSSR count). The predicted octanol–water partition coefficient (Wildman–Crippen LogP) is 4.39. The molecule has 0 saturated carbocycles. The lowest BCUT2D eigenvalue weighted by Gasteiger charge is -2.49. The van der Waals surface area contributed by atoms with E-state index in [0.29, 0.717) is 0 Å². The minimum Gasteiger partial charge on any atom is -0.282 e. The average molecular weight is 293 g/mol. The Labute approximate surface area is 113 Å². The summed E-state index contributed by atoms with van der Waals surface area (Å²) in [6.45, 7) is 16.3. The van der Waals surface area contributed by atoms with Crippen molar-refractivity contribution in [3.63, 3.8) is 0 Å². The van der Waals surface area contributed by atoms with Crippen LogP contribution in [-0.4, -0.2) is 21.0 Å². The van der Waals surface area contributed by atoms with Gasteiger partial charge in [-0.1, -0.05) is 54.5 Å². The lowest BCUT2D eigenvalue weighted by atomic mass is 10.2. The largest absolute Gasteiger partial charge is 0.286 e. The van der Waals surface area contributed by atoms with Gasteiger partial charge in [0.25, 0.3) is 10.1 Å². The summed E-state index contributed by atoms with van der Waals surface area (Å²) in [6.07, 6.45) is 1.60. The van der Waals surface area contributed by atoms with Crippen molar-refractivity contribution in [2.75, 3.05) is 0 Å². The van der Waals surface area contributed by atoms with Crippen molar-refractivity contribution in [3.05, 3.63) is 10.6 Å². The highest BCUT2D eigenvalue weighted by molar-refractivity contribution is 7.92. The van der Waals surface area contributed by atoms with Crippen molar-refractivity contribution in [2.24, 2.45) is 0 Å². The van der Waals surface area contributed by atoms with E-state index in [2.05, 4.69) is 48.5 Å². The summed E-state index contributed by atoms with van der Waals surface area (Å²) in [5.74, 6) is 0. The molecule has 0 aromatic rings. The van der Waals surface area contributed by atoms with Crippen LogP contribution in [0.2, 0.25) is 16.1 Å². The molecular weight excluding hydrogens is 264 g/mol. The molecule has 5 heteroatoms. The van der Waals surface area contributed by atoms with Gasteiger partial charge in [-0.05, 0) is 23.0 Å². The molecule has 1 N–H and O–H groups in total. The standard InChI is InChI=1S/C13H28O3SSi/c1-9-12(17(14,15)16)18(10(2)3,11(4)5)13(6,7)8/h9-11H,1-8H3,(H,14,15,16)/b12-9+. The zero-order valence-corrected chi connectivity index (χ0v) is 14.7. The Balaban J connectivity index is 6.42. The molecule has 108 valence electrons. The first kappa shape index (κ1) is 17.9. The topological polar surface area (TPSA) is 54.4 Å². The number of rotatable bonds is 4. The molecule has 0 fully saturated rings. The Bertz CT molecular complexity index is 406. The zero-order chi connectivity index (χ0) is 14.9. The summed E-state index contributed by atoms with van der Waals surface area (Å²) in [6, 6.07) is 0. The molecule has 0 aliphatic heterocycles. The lowest BCUT2D eigenvalue weighted by molar-refractivity contribution is 0.491. The second-order valence-corrected chi connectivity index (χ2v) is 14.4. The highest BCUT2D eigenvalue weighted by atomic mass is 32.2. The zero-order valence-electron chi connectivity index (χ0n) is 12.9. The van der Waals surface area contributed by atoms with Crippen molar-refractivity contribution < 1.29 is 13.0 Å². The van der Waals surface area contributed by atoms with Gasteiger partial charge in [0, 0.05) is 0 Å². The first-order chi connectivity index (χ1) is 7.83. The van der Waals surface area contributed by atoms with Crippen LogP contribution in [-0.2, 0) is 10.1 Å². The van der Waals surface area contributed by atoms with Gasteiger partial charge in [0.05, 0.1) is 4.53 Å². The maximum atomic E-state index is 11.8. The molecule has 3 nitrogen and oxygen atoms in total. The van der Waals surface area contributed by atoms with Crippen LogP contribution >= 0.6 is 0 Å². The van der Waals surface area contributed by atoms with Gasteiger partial charge in [-0.3, -0.25) is 4.55 Å². The molecule has 0 saturated heterocycles. The Morgan fingerprint density at radius 2 is 1.44 bits per heavy atom. The quantitative estimate of drug-likeness (QED) is 0.617. The van der Waals surface area contributed by atoms with Gasteiger partial charge in [0.15, 0.2) is 0 Å². The van der Waals surface area contributed by atoms with Crippen molar-refractivity contribution in [1.82, 2.24) is 0 Å². The van der Waals surface area contributed by atoms with Crippen LogP contribution in [0, 0.1) is 0 Å². The van der Waals surface area contributed by atoms with E-state index in [1.807, 2.05) is 0 Å². The molecule has 0 aliphatic carbocycles. The van der Waals surface area contributed by atoms with Gasteiger partial charge in [0.2, 0.25) is 0 Å². The summed E-state index contributed by atoms with van der Waals surface area (Å²) >= 11 is 0. The van der Waals surface area contributed by atoms with Crippen LogP contribution in [0.5, 0.6) is 0 Å². The SMILES string of the molecule is C/C=C(/[Si](C(C)C)(C(C)C)C(C)(C)C)S(=O)(=O)O. The third kappa shape index (κ3) is 2.88. The molecule has 0 aromatic carbocycles. The monoisotopic (exact) mass is 292 g/mol. The van der Waals surface area contributed by atoms with Crippen LogP contribution in [0.25, 0.3) is 0 Å². The summed E-state index contributed by atoms with van der Waals surface area (Å²) in [5, 5.41) is -0.132. The van der Waals surface area contributed by atoms with Crippen LogP contribution in [0.1, 0.15) is 55.4 Å². The van der Waals surface area contributed by atoms with E-state index in [-0.39, 0.29) is 20.6 Å². The van der Waals surface area contributed by atoms with E-state index in [1.165, 1.54) is 0 Å². The number of allylic oxidation sites excluding steroid dienone is 1. The minimum atomic E-state index is -4.12. The Morgan fingerprint density at radius 3 is 1.50 bits per heavy atom. The molecule has 0 radical (unpaired) electrons. The van der Waals surface area contributed by atoms with Gasteiger partial charge in [0.1, 0.15) is 8.07 Å². The fourth-order valence-corrected chi connectivity index (χ4v) is 15.4. The van der Waals surface area contributed by atoms with Crippen LogP contribution < -0.4 is 0 Å². The second kappa shape index (κ2) is 5.47. The van der Waals surface area contributed by atoms with E-state index in [1.54, 1.807) is 13.0 Å². The molecule has 0 spiro atoms. The first-order valence-electron chi connectivity index (χ1n) is 6.47. The van der Waals surface area contributed by atoms with Crippen LogP contribution in [0.15, 0.2) is 10.6 Å². The van der Waals surface area contributed by atoms with Gasteiger partial charge >= 0.3 is 0 Å². The highest BCUT2D eigenvalue weighted by Gasteiger charge is 2.55. The third-order valence-electron chi connectivity index (χ3n) is 4.01. The smallest absolute Gasteiger partial charge is 0.282 e. The fourth-order valence-electron chi connectivity index (χ4n) is 3.94. The first-order valence-corrected chi connectivity index (χ1v) is 10.1. The molecule has 0 aromatic heterocycles. The molecule has 18 heavy (non-hydrogen) atoms. The van der Waals surface area contributed by atoms with E-state index < -0.39 is 18.2 Å². The van der Waals surface area contributed by atoms with E-state index in [0.717, 1.165) is 0 Å². The van der Waals surface area contributed by atoms with Crippen molar-refractivity contribution in [2.45, 2.75) is 71.5 Å². The Morgan fingerprint density at radius 1 is 1.11 bits per heavy atom. The molecule has 0 bridgehead atoms. The summed E-state index contributed by atoms with van der Waals surface area (Å²) in [5.41, 5.74) is 0.483. The molecule has 0 atom stereocenters. The van der Waals surface area contributed by atoms with E-state index >= 15 is 0 Å². The highest BCUT2D eigenvalue weighted by Crippen LogP contribution is 2.54. The normalized spacial score (nSPS) is 15.6. The summed E-state index contributed by atoms with van der Waals surface area (Å²) in [7, 11) is -6.52. The molecule has 0 aliphatic rings. The van der Waals surface area contributed by atoms with Gasteiger partial charge in [-0.2, -0.15) is 8.42 Å². The summed E-state index contributed by atoms with van der Waals surface area (Å²) < 4.78 is 33.5. The minimum absolute atomic E-state index is 0.132. The second-order valence-electron chi connectivity index (χ2n) is 6.56. The Kier molecular flexibility index (Phi) is 5.43. The summed E-state index contributed by atoms with van der Waals surface area (Å²) in [4.78, 5) is 0. The maximum absolute atomic E-state index is 11.8. The van der Waals surface area contributed by atoms with Crippen LogP contribution in [0.3, 0.4) is 0 Å². The van der Waals surface area contributed by atoms with Crippen molar-refractivity contribution in [3.8, 4) is 0 Å². The maximum Gasteiger partial charge on any atom is 0.286 e. The van der Waals surface area contributed by atoms with Crippen molar-refractivity contribution in [1.29, 1.82) is 0 Å². The van der Waals surface area contributed by atoms with Gasteiger partial charge < -0.3 is 0 Å². The predicted molar refractivity (Wildman–Crippen MR) is 81.0 cm³/mol. The van der Waals surface area contributed by atoms with E-state index in [9.17, 15) is 13.0 Å². The Hall–Kier alpha value is -0.133. The van der Waals surface area contributed by atoms with Gasteiger partial charge in [-0.15, -0.1) is 0 Å². The number of hydrogen-bond donors (Lipinski definition) is 1. The van der Waals surface area contributed by atoms with Gasteiger partial charge in [-0.25, -0.2) is 0 Å². The van der Waals surface area contributed by atoms with E-state index in [4.69, 9.17) is 0 Å². The fraction of sp³-hybridized carbons (Fsp3) is 0.846. The molecular formula is C13H28O3SSi. The van der Waals surface area contributed by atoms with Crippen molar-refractivity contribution >= 4 is 18.2 Å². The molecule has 0 amide bonds.